The summed E-state index contributed by atoms with van der Waals surface area (Å²) >= 11 is 0. The van der Waals surface area contributed by atoms with Crippen LogP contribution in [0.5, 0.6) is 0 Å². The summed E-state index contributed by atoms with van der Waals surface area (Å²) in [5.74, 6) is -0.333. The number of hydrogen-bond donors (Lipinski definition) is 2. The van der Waals surface area contributed by atoms with E-state index >= 15 is 0 Å². The molecule has 0 aliphatic heterocycles. The number of fused-ring (bicyclic) bond motifs is 1. The number of carbonyl (C=O) groups excluding carboxylic acids is 1. The second-order valence-corrected chi connectivity index (χ2v) is 3.79. The molecule has 0 saturated carbocycles. The van der Waals surface area contributed by atoms with Crippen molar-refractivity contribution in [3.8, 4) is 0 Å². The van der Waals surface area contributed by atoms with Gasteiger partial charge in [-0.15, -0.1) is 0 Å². The number of imidazole rings is 1. The van der Waals surface area contributed by atoms with Gasteiger partial charge in [0.05, 0.1) is 17.4 Å². The zero-order valence-corrected chi connectivity index (χ0v) is 9.47. The fourth-order valence-electron chi connectivity index (χ4n) is 1.72. The molecule has 17 heavy (non-hydrogen) atoms. The highest BCUT2D eigenvalue weighted by atomic mass is 16.3. The van der Waals surface area contributed by atoms with Gasteiger partial charge >= 0.3 is 0 Å². The summed E-state index contributed by atoms with van der Waals surface area (Å²) in [6, 6.07) is 7.93. The van der Waals surface area contributed by atoms with Crippen molar-refractivity contribution >= 4 is 16.9 Å². The maximum Gasteiger partial charge on any atom is 0.245 e. The number of aryl methyl sites for hydroxylation is 1. The molecule has 1 amide bonds. The van der Waals surface area contributed by atoms with Crippen LogP contribution >= 0.6 is 0 Å². The normalized spacial score (nSPS) is 10.6. The summed E-state index contributed by atoms with van der Waals surface area (Å²) in [7, 11) is 0. The molecular formula is C12H15N3O2. The maximum atomic E-state index is 10.8. The molecule has 0 bridgehead atoms. The molecule has 2 rings (SSSR count). The topological polar surface area (TPSA) is 67.2 Å². The Bertz CT molecular complexity index is 507. The third-order valence-electron chi connectivity index (χ3n) is 2.57. The lowest BCUT2D eigenvalue weighted by molar-refractivity contribution is -0.123. The van der Waals surface area contributed by atoms with Crippen molar-refractivity contribution in [2.45, 2.75) is 13.0 Å². The van der Waals surface area contributed by atoms with Crippen LogP contribution in [0.25, 0.3) is 11.0 Å². The second-order valence-electron chi connectivity index (χ2n) is 3.79. The number of amides is 1. The average Bonchev–Trinajstić information content (AvgIpc) is 2.78. The molecule has 1 aromatic heterocycles. The molecule has 5 heteroatoms. The lowest BCUT2D eigenvalue weighted by Crippen LogP contribution is -2.27. The molecule has 0 radical (unpaired) electrons. The zero-order chi connectivity index (χ0) is 12.1. The molecule has 2 N–H and O–H groups in total. The molecule has 0 fully saturated rings. The number of rotatable bonds is 5. The van der Waals surface area contributed by atoms with E-state index in [4.69, 9.17) is 5.11 Å². The van der Waals surface area contributed by atoms with Crippen molar-refractivity contribution in [1.82, 2.24) is 14.9 Å². The lowest BCUT2D eigenvalue weighted by Gasteiger charge is -2.05. The molecule has 0 saturated heterocycles. The Balaban J connectivity index is 1.89. The van der Waals surface area contributed by atoms with Crippen LogP contribution in [0.15, 0.2) is 30.6 Å². The molecule has 90 valence electrons. The van der Waals surface area contributed by atoms with Gasteiger partial charge in [-0.25, -0.2) is 4.98 Å². The fraction of sp³-hybridized carbons (Fsp3) is 0.333. The number of benzene rings is 1. The largest absolute Gasteiger partial charge is 0.387 e. The van der Waals surface area contributed by atoms with E-state index in [1.807, 2.05) is 24.3 Å². The smallest absolute Gasteiger partial charge is 0.245 e. The molecule has 1 aromatic carbocycles. The van der Waals surface area contributed by atoms with E-state index in [-0.39, 0.29) is 5.91 Å². The number of aliphatic hydroxyl groups is 1. The van der Waals surface area contributed by atoms with Gasteiger partial charge in [0.25, 0.3) is 0 Å². The van der Waals surface area contributed by atoms with Gasteiger partial charge in [-0.1, -0.05) is 12.1 Å². The summed E-state index contributed by atoms with van der Waals surface area (Å²) in [6.07, 6.45) is 2.62. The van der Waals surface area contributed by atoms with E-state index in [1.54, 1.807) is 6.33 Å². The van der Waals surface area contributed by atoms with Gasteiger partial charge < -0.3 is 15.0 Å². The molecule has 0 spiro atoms. The van der Waals surface area contributed by atoms with Crippen molar-refractivity contribution in [3.63, 3.8) is 0 Å². The number of aliphatic hydroxyl groups excluding tert-OH is 1. The predicted molar refractivity (Wildman–Crippen MR) is 64.4 cm³/mol. The zero-order valence-electron chi connectivity index (χ0n) is 9.47. The molecule has 1 heterocycles. The molecule has 0 atom stereocenters. The number of aromatic nitrogens is 2. The van der Waals surface area contributed by atoms with Crippen molar-refractivity contribution in [3.05, 3.63) is 30.6 Å². The highest BCUT2D eigenvalue weighted by molar-refractivity contribution is 5.76. The molecule has 0 aliphatic carbocycles. The maximum absolute atomic E-state index is 10.8. The summed E-state index contributed by atoms with van der Waals surface area (Å²) < 4.78 is 2.06. The number of nitrogens with zero attached hydrogens (tertiary/aromatic N) is 2. The fourth-order valence-corrected chi connectivity index (χ4v) is 1.72. The van der Waals surface area contributed by atoms with E-state index < -0.39 is 6.61 Å². The quantitative estimate of drug-likeness (QED) is 0.740. The first kappa shape index (κ1) is 11.6. The Morgan fingerprint density at radius 1 is 1.41 bits per heavy atom. The van der Waals surface area contributed by atoms with Crippen molar-refractivity contribution < 1.29 is 9.90 Å². The summed E-state index contributed by atoms with van der Waals surface area (Å²) in [5, 5.41) is 11.2. The summed E-state index contributed by atoms with van der Waals surface area (Å²) in [4.78, 5) is 15.1. The highest BCUT2D eigenvalue weighted by Gasteiger charge is 2.01. The lowest BCUT2D eigenvalue weighted by atomic mass is 10.3. The van der Waals surface area contributed by atoms with E-state index in [1.165, 1.54) is 0 Å². The van der Waals surface area contributed by atoms with Crippen LogP contribution < -0.4 is 5.32 Å². The molecule has 5 nitrogen and oxygen atoms in total. The Kier molecular flexibility index (Phi) is 3.72. The third kappa shape index (κ3) is 2.82. The summed E-state index contributed by atoms with van der Waals surface area (Å²) in [6.45, 7) is 0.909. The Labute approximate surface area is 99.1 Å². The van der Waals surface area contributed by atoms with Crippen LogP contribution in [0.2, 0.25) is 0 Å². The number of hydrogen-bond acceptors (Lipinski definition) is 3. The van der Waals surface area contributed by atoms with Crippen LogP contribution in [0.1, 0.15) is 6.42 Å². The third-order valence-corrected chi connectivity index (χ3v) is 2.57. The van der Waals surface area contributed by atoms with Crippen molar-refractivity contribution in [1.29, 1.82) is 0 Å². The van der Waals surface area contributed by atoms with E-state index in [9.17, 15) is 4.79 Å². The predicted octanol–water partition coefficient (Wildman–Crippen LogP) is 0.535. The first-order valence-corrected chi connectivity index (χ1v) is 5.58. The second kappa shape index (κ2) is 5.45. The first-order chi connectivity index (χ1) is 8.31. The van der Waals surface area contributed by atoms with Crippen LogP contribution in [0, 0.1) is 0 Å². The SMILES string of the molecule is O=C(CO)NCCCn1cnc2ccccc21. The van der Waals surface area contributed by atoms with Crippen molar-refractivity contribution in [2.24, 2.45) is 0 Å². The molecule has 0 aliphatic rings. The minimum Gasteiger partial charge on any atom is -0.387 e. The highest BCUT2D eigenvalue weighted by Crippen LogP contribution is 2.11. The van der Waals surface area contributed by atoms with Gasteiger partial charge in [0.15, 0.2) is 0 Å². The Hall–Kier alpha value is -1.88. The van der Waals surface area contributed by atoms with Gasteiger partial charge in [-0.2, -0.15) is 0 Å². The van der Waals surface area contributed by atoms with E-state index in [0.717, 1.165) is 24.0 Å². The monoisotopic (exact) mass is 233 g/mol. The Morgan fingerprint density at radius 2 is 2.24 bits per heavy atom. The van der Waals surface area contributed by atoms with Crippen molar-refractivity contribution in [2.75, 3.05) is 13.2 Å². The minimum atomic E-state index is -0.450. The van der Waals surface area contributed by atoms with Gasteiger partial charge in [0.1, 0.15) is 6.61 Å². The minimum absolute atomic E-state index is 0.333. The van der Waals surface area contributed by atoms with Gasteiger partial charge in [-0.3, -0.25) is 4.79 Å². The number of carbonyl (C=O) groups is 1. The average molecular weight is 233 g/mol. The van der Waals surface area contributed by atoms with Crippen LogP contribution in [0.3, 0.4) is 0 Å². The molecule has 0 unspecified atom stereocenters. The van der Waals surface area contributed by atoms with Gasteiger partial charge in [0, 0.05) is 13.1 Å². The number of nitrogens with one attached hydrogen (secondary N) is 1. The van der Waals surface area contributed by atoms with E-state index in [0.29, 0.717) is 6.54 Å². The first-order valence-electron chi connectivity index (χ1n) is 5.58. The standard InChI is InChI=1S/C12H15N3O2/c16-8-12(17)13-6-3-7-15-9-14-10-4-1-2-5-11(10)15/h1-2,4-5,9,16H,3,6-8H2,(H,13,17). The van der Waals surface area contributed by atoms with Gasteiger partial charge in [-0.05, 0) is 18.6 Å². The molecule has 2 aromatic rings. The summed E-state index contributed by atoms with van der Waals surface area (Å²) in [5.41, 5.74) is 2.08. The van der Waals surface area contributed by atoms with Crippen LogP contribution in [-0.4, -0.2) is 33.7 Å². The van der Waals surface area contributed by atoms with E-state index in [2.05, 4.69) is 14.9 Å². The van der Waals surface area contributed by atoms with Gasteiger partial charge in [0.2, 0.25) is 5.91 Å². The Morgan fingerprint density at radius 3 is 3.06 bits per heavy atom. The number of para-hydroxylation sites is 2. The van der Waals surface area contributed by atoms with Crippen LogP contribution in [0.4, 0.5) is 0 Å². The van der Waals surface area contributed by atoms with Crippen LogP contribution in [-0.2, 0) is 11.3 Å². The molecular weight excluding hydrogens is 218 g/mol.